The molecule has 1 aliphatic rings. The number of H-pyrrole nitrogens is 1. The van der Waals surface area contributed by atoms with Crippen LogP contribution in [0.2, 0.25) is 0 Å². The topological polar surface area (TPSA) is 94.1 Å². The number of fused-ring (bicyclic) bond motifs is 1. The minimum Gasteiger partial charge on any atom is -0.386 e. The molecule has 0 radical (unpaired) electrons. The van der Waals surface area contributed by atoms with Crippen molar-refractivity contribution < 1.29 is 9.90 Å². The van der Waals surface area contributed by atoms with Gasteiger partial charge in [-0.1, -0.05) is 6.07 Å². The second kappa shape index (κ2) is 6.76. The number of aromatic amines is 1. The maximum atomic E-state index is 12.5. The number of nitrogens with one attached hydrogen (secondary N) is 2. The van der Waals surface area contributed by atoms with Gasteiger partial charge >= 0.3 is 0 Å². The third kappa shape index (κ3) is 3.39. The van der Waals surface area contributed by atoms with Crippen LogP contribution in [0.1, 0.15) is 23.2 Å². The standard InChI is InChI=1S/C19H21N5O2/c25-18(14-5-6-15-16(10-14)23-13-22-15)21-11-19(26)7-3-9-24(12-19)17-4-1-2-8-20-17/h1-2,4-6,8,10,13,26H,3,7,9,11-12H2,(H,21,25)(H,22,23). The van der Waals surface area contributed by atoms with E-state index in [4.69, 9.17) is 0 Å². The van der Waals surface area contributed by atoms with Gasteiger partial charge in [0.2, 0.25) is 0 Å². The summed E-state index contributed by atoms with van der Waals surface area (Å²) in [7, 11) is 0. The summed E-state index contributed by atoms with van der Waals surface area (Å²) in [5.74, 6) is 0.645. The molecule has 0 bridgehead atoms. The van der Waals surface area contributed by atoms with E-state index in [2.05, 4.69) is 25.2 Å². The first-order valence-corrected chi connectivity index (χ1v) is 8.73. The van der Waals surface area contributed by atoms with Crippen LogP contribution >= 0.6 is 0 Å². The van der Waals surface area contributed by atoms with Crippen LogP contribution in [-0.2, 0) is 0 Å². The van der Waals surface area contributed by atoms with E-state index in [9.17, 15) is 9.90 Å². The lowest BCUT2D eigenvalue weighted by atomic mass is 9.92. The number of hydrogen-bond acceptors (Lipinski definition) is 5. The molecule has 1 atom stereocenters. The zero-order valence-electron chi connectivity index (χ0n) is 14.4. The van der Waals surface area contributed by atoms with Crippen molar-refractivity contribution in [3.8, 4) is 0 Å². The lowest BCUT2D eigenvalue weighted by Gasteiger charge is -2.39. The molecule has 1 aromatic carbocycles. The molecule has 1 unspecified atom stereocenters. The number of rotatable bonds is 4. The van der Waals surface area contributed by atoms with E-state index in [1.807, 2.05) is 18.2 Å². The van der Waals surface area contributed by atoms with E-state index in [1.54, 1.807) is 30.7 Å². The molecule has 7 heteroatoms. The van der Waals surface area contributed by atoms with Crippen molar-refractivity contribution in [2.75, 3.05) is 24.5 Å². The molecule has 7 nitrogen and oxygen atoms in total. The number of nitrogens with zero attached hydrogens (tertiary/aromatic N) is 3. The van der Waals surface area contributed by atoms with Crippen LogP contribution < -0.4 is 10.2 Å². The number of hydrogen-bond donors (Lipinski definition) is 3. The van der Waals surface area contributed by atoms with Crippen molar-refractivity contribution in [3.05, 3.63) is 54.5 Å². The van der Waals surface area contributed by atoms with Crippen LogP contribution in [0.4, 0.5) is 5.82 Å². The Morgan fingerprint density at radius 1 is 1.31 bits per heavy atom. The largest absolute Gasteiger partial charge is 0.386 e. The fourth-order valence-corrected chi connectivity index (χ4v) is 3.42. The number of imidazole rings is 1. The van der Waals surface area contributed by atoms with Crippen molar-refractivity contribution in [1.29, 1.82) is 0 Å². The van der Waals surface area contributed by atoms with E-state index in [1.165, 1.54) is 0 Å². The van der Waals surface area contributed by atoms with Gasteiger partial charge in [0, 0.05) is 31.4 Å². The molecule has 0 spiro atoms. The summed E-state index contributed by atoms with van der Waals surface area (Å²) in [6, 6.07) is 11.1. The number of β-amino-alcohol motifs (C(OH)–C–C–N with tert-alkyl or cyclic N) is 1. The van der Waals surface area contributed by atoms with Crippen molar-refractivity contribution in [1.82, 2.24) is 20.3 Å². The molecule has 4 rings (SSSR count). The maximum Gasteiger partial charge on any atom is 0.251 e. The quantitative estimate of drug-likeness (QED) is 0.665. The Morgan fingerprint density at radius 2 is 2.23 bits per heavy atom. The van der Waals surface area contributed by atoms with Gasteiger partial charge in [0.1, 0.15) is 5.82 Å². The molecule has 0 saturated carbocycles. The van der Waals surface area contributed by atoms with Gasteiger partial charge in [-0.15, -0.1) is 0 Å². The van der Waals surface area contributed by atoms with E-state index < -0.39 is 5.60 Å². The molecule has 1 amide bonds. The zero-order chi connectivity index (χ0) is 18.0. The third-order valence-electron chi connectivity index (χ3n) is 4.79. The van der Waals surface area contributed by atoms with Crippen LogP contribution in [0.5, 0.6) is 0 Å². The van der Waals surface area contributed by atoms with Crippen LogP contribution in [0, 0.1) is 0 Å². The SMILES string of the molecule is O=C(NCC1(O)CCCN(c2ccccn2)C1)c1ccc2nc[nH]c2c1. The Labute approximate surface area is 151 Å². The van der Waals surface area contributed by atoms with E-state index in [-0.39, 0.29) is 12.5 Å². The fourth-order valence-electron chi connectivity index (χ4n) is 3.42. The van der Waals surface area contributed by atoms with Crippen LogP contribution in [0.3, 0.4) is 0 Å². The molecular weight excluding hydrogens is 330 g/mol. The summed E-state index contributed by atoms with van der Waals surface area (Å²) in [5.41, 5.74) is 1.21. The molecular formula is C19H21N5O2. The number of anilines is 1. The number of piperidine rings is 1. The van der Waals surface area contributed by atoms with E-state index in [0.29, 0.717) is 18.5 Å². The molecule has 3 N–H and O–H groups in total. The number of carbonyl (C=O) groups is 1. The fraction of sp³-hybridized carbons (Fsp3) is 0.316. The van der Waals surface area contributed by atoms with Crippen molar-refractivity contribution >= 4 is 22.8 Å². The molecule has 26 heavy (non-hydrogen) atoms. The van der Waals surface area contributed by atoms with Gasteiger partial charge in [0.25, 0.3) is 5.91 Å². The Kier molecular flexibility index (Phi) is 4.30. The Hall–Kier alpha value is -2.93. The molecule has 134 valence electrons. The van der Waals surface area contributed by atoms with Crippen LogP contribution in [0.15, 0.2) is 48.9 Å². The van der Waals surface area contributed by atoms with Gasteiger partial charge in [-0.3, -0.25) is 4.79 Å². The van der Waals surface area contributed by atoms with E-state index >= 15 is 0 Å². The monoisotopic (exact) mass is 351 g/mol. The smallest absolute Gasteiger partial charge is 0.251 e. The molecule has 1 saturated heterocycles. The minimum atomic E-state index is -0.969. The zero-order valence-corrected chi connectivity index (χ0v) is 14.4. The predicted molar refractivity (Wildman–Crippen MR) is 99.1 cm³/mol. The lowest BCUT2D eigenvalue weighted by molar-refractivity contribution is 0.0254. The predicted octanol–water partition coefficient (Wildman–Crippen LogP) is 1.72. The first-order valence-electron chi connectivity index (χ1n) is 8.73. The number of benzene rings is 1. The molecule has 3 aromatic rings. The van der Waals surface area contributed by atoms with Gasteiger partial charge in [0.05, 0.1) is 23.0 Å². The van der Waals surface area contributed by atoms with Crippen LogP contribution in [-0.4, -0.2) is 51.2 Å². The number of aromatic nitrogens is 3. The summed E-state index contributed by atoms with van der Waals surface area (Å²) in [4.78, 5) is 26.0. The minimum absolute atomic E-state index is 0.204. The van der Waals surface area contributed by atoms with Gasteiger partial charge in [0.15, 0.2) is 0 Å². The number of amides is 1. The van der Waals surface area contributed by atoms with Crippen molar-refractivity contribution in [3.63, 3.8) is 0 Å². The van der Waals surface area contributed by atoms with Gasteiger partial charge in [-0.05, 0) is 43.2 Å². The first-order chi connectivity index (χ1) is 12.6. The second-order valence-electron chi connectivity index (χ2n) is 6.75. The van der Waals surface area contributed by atoms with Crippen molar-refractivity contribution in [2.24, 2.45) is 0 Å². The summed E-state index contributed by atoms with van der Waals surface area (Å²) < 4.78 is 0. The van der Waals surface area contributed by atoms with Gasteiger partial charge in [-0.25, -0.2) is 9.97 Å². The molecule has 2 aromatic heterocycles. The highest BCUT2D eigenvalue weighted by atomic mass is 16.3. The van der Waals surface area contributed by atoms with Gasteiger partial charge in [-0.2, -0.15) is 0 Å². The molecule has 3 heterocycles. The summed E-state index contributed by atoms with van der Waals surface area (Å²) in [6.07, 6.45) is 4.85. The van der Waals surface area contributed by atoms with Gasteiger partial charge < -0.3 is 20.3 Å². The van der Waals surface area contributed by atoms with Crippen LogP contribution in [0.25, 0.3) is 11.0 Å². The van der Waals surface area contributed by atoms with E-state index in [0.717, 1.165) is 29.8 Å². The Morgan fingerprint density at radius 3 is 3.08 bits per heavy atom. The Balaban J connectivity index is 1.41. The highest BCUT2D eigenvalue weighted by molar-refractivity contribution is 5.97. The number of pyridine rings is 1. The second-order valence-corrected chi connectivity index (χ2v) is 6.75. The lowest BCUT2D eigenvalue weighted by Crippen LogP contribution is -2.54. The molecule has 1 fully saturated rings. The first kappa shape index (κ1) is 16.5. The van der Waals surface area contributed by atoms with Crippen molar-refractivity contribution in [2.45, 2.75) is 18.4 Å². The molecule has 1 aliphatic heterocycles. The highest BCUT2D eigenvalue weighted by Crippen LogP contribution is 2.24. The average Bonchev–Trinajstić information content (AvgIpc) is 3.15. The third-order valence-corrected chi connectivity index (χ3v) is 4.79. The molecule has 0 aliphatic carbocycles. The summed E-state index contributed by atoms with van der Waals surface area (Å²) >= 11 is 0. The number of carbonyl (C=O) groups excluding carboxylic acids is 1. The highest BCUT2D eigenvalue weighted by Gasteiger charge is 2.34. The number of aliphatic hydroxyl groups is 1. The summed E-state index contributed by atoms with van der Waals surface area (Å²) in [5, 5.41) is 13.8. The maximum absolute atomic E-state index is 12.5. The normalized spacial score (nSPS) is 20.3. The average molecular weight is 351 g/mol. The summed E-state index contributed by atoms with van der Waals surface area (Å²) in [6.45, 7) is 1.50. The Bertz CT molecular complexity index is 910.